The van der Waals surface area contributed by atoms with Gasteiger partial charge in [-0.3, -0.25) is 19.2 Å². The summed E-state index contributed by atoms with van der Waals surface area (Å²) >= 11 is 6.11. The molecule has 0 spiro atoms. The molecule has 1 fully saturated rings. The fraction of sp³-hybridized carbons (Fsp3) is 0.500. The van der Waals surface area contributed by atoms with Gasteiger partial charge in [0.15, 0.2) is 0 Å². The molecule has 3 atom stereocenters. The maximum atomic E-state index is 13.7. The van der Waals surface area contributed by atoms with Gasteiger partial charge in [0.25, 0.3) is 0 Å². The zero-order chi connectivity index (χ0) is 30.4. The first-order valence-corrected chi connectivity index (χ1v) is 15.2. The number of carbonyl (C=O) groups is 4. The van der Waals surface area contributed by atoms with Crippen LogP contribution in [0.3, 0.4) is 0 Å². The van der Waals surface area contributed by atoms with Gasteiger partial charge in [-0.25, -0.2) is 0 Å². The number of halogens is 1. The minimum atomic E-state index is -0.891. The van der Waals surface area contributed by atoms with Crippen LogP contribution in [0.4, 0.5) is 5.69 Å². The van der Waals surface area contributed by atoms with Crippen LogP contribution in [0.1, 0.15) is 56.2 Å². The molecular formula is C32H42ClN5O4. The molecule has 4 amide bonds. The van der Waals surface area contributed by atoms with Crippen molar-refractivity contribution in [2.45, 2.75) is 71.5 Å². The number of rotatable bonds is 10. The van der Waals surface area contributed by atoms with Gasteiger partial charge in [0.1, 0.15) is 12.1 Å². The zero-order valence-electron chi connectivity index (χ0n) is 24.7. The van der Waals surface area contributed by atoms with Gasteiger partial charge in [-0.05, 0) is 73.0 Å². The molecule has 0 aromatic heterocycles. The lowest BCUT2D eigenvalue weighted by Crippen LogP contribution is -2.56. The molecule has 2 heterocycles. The summed E-state index contributed by atoms with van der Waals surface area (Å²) in [6.07, 6.45) is 1.66. The van der Waals surface area contributed by atoms with E-state index in [1.165, 1.54) is 0 Å². The first-order valence-electron chi connectivity index (χ1n) is 14.8. The molecule has 2 aromatic rings. The molecule has 9 nitrogen and oxygen atoms in total. The molecular weight excluding hydrogens is 554 g/mol. The first-order chi connectivity index (χ1) is 20.1. The van der Waals surface area contributed by atoms with Crippen molar-refractivity contribution in [2.75, 3.05) is 25.0 Å². The third kappa shape index (κ3) is 7.69. The monoisotopic (exact) mass is 595 g/mol. The summed E-state index contributed by atoms with van der Waals surface area (Å²) in [5, 5.41) is 6.27. The highest BCUT2D eigenvalue weighted by Crippen LogP contribution is 2.27. The molecule has 0 radical (unpaired) electrons. The lowest BCUT2D eigenvalue weighted by atomic mass is 9.92. The molecule has 1 unspecified atom stereocenters. The van der Waals surface area contributed by atoms with Gasteiger partial charge in [-0.15, -0.1) is 0 Å². The van der Waals surface area contributed by atoms with Gasteiger partial charge in [-0.1, -0.05) is 49.7 Å². The van der Waals surface area contributed by atoms with Crippen LogP contribution in [0.2, 0.25) is 5.02 Å². The van der Waals surface area contributed by atoms with Crippen molar-refractivity contribution in [3.05, 3.63) is 64.2 Å². The zero-order valence-corrected chi connectivity index (χ0v) is 25.5. The Labute approximate surface area is 253 Å². The molecule has 0 aliphatic carbocycles. The predicted octanol–water partition coefficient (Wildman–Crippen LogP) is 3.66. The number of hydrogen-bond acceptors (Lipinski definition) is 5. The minimum absolute atomic E-state index is 0.0241. The fourth-order valence-corrected chi connectivity index (χ4v) is 5.87. The number of nitrogens with zero attached hydrogens (tertiary/aromatic N) is 2. The minimum Gasteiger partial charge on any atom is -0.342 e. The van der Waals surface area contributed by atoms with Gasteiger partial charge >= 0.3 is 0 Å². The number of likely N-dealkylation sites (tertiary alicyclic amines) is 1. The van der Waals surface area contributed by atoms with E-state index in [-0.39, 0.29) is 44.2 Å². The van der Waals surface area contributed by atoms with Crippen LogP contribution in [0.15, 0.2) is 42.5 Å². The third-order valence-electron chi connectivity index (χ3n) is 8.46. The number of benzene rings is 2. The Morgan fingerprint density at radius 2 is 1.76 bits per heavy atom. The number of amides is 4. The molecule has 226 valence electrons. The smallest absolute Gasteiger partial charge is 0.246 e. The molecule has 42 heavy (non-hydrogen) atoms. The van der Waals surface area contributed by atoms with Crippen molar-refractivity contribution >= 4 is 40.9 Å². The van der Waals surface area contributed by atoms with Crippen molar-refractivity contribution in [2.24, 2.45) is 17.6 Å². The highest BCUT2D eigenvalue weighted by Gasteiger charge is 2.36. The standard InChI is InChI=1S/C32H42ClN5O4/c1-20(2)23-13-15-37(18-23)29(39)10-11-30(40)38-19-24-7-5-4-6-22(24)17-28(38)32(42)36-27(12-14-34)31(41)35-25-8-9-26(33)21(3)16-25/h4-9,16,20,23,27-28H,10-15,17-19,34H2,1-3H3,(H,35,41)(H,36,42)/t23?,27-,28-/m0/s1. The maximum absolute atomic E-state index is 13.7. The summed E-state index contributed by atoms with van der Waals surface area (Å²) in [5.74, 6) is -0.114. The third-order valence-corrected chi connectivity index (χ3v) is 8.88. The average molecular weight is 596 g/mol. The second kappa shape index (κ2) is 14.2. The van der Waals surface area contributed by atoms with Crippen molar-refractivity contribution in [3.63, 3.8) is 0 Å². The Bertz CT molecular complexity index is 1320. The van der Waals surface area contributed by atoms with Gasteiger partial charge in [0, 0.05) is 49.6 Å². The molecule has 0 bridgehead atoms. The summed E-state index contributed by atoms with van der Waals surface area (Å²) in [5.41, 5.74) is 9.11. The number of aryl methyl sites for hydroxylation is 1. The van der Waals surface area contributed by atoms with Gasteiger partial charge in [-0.2, -0.15) is 0 Å². The molecule has 4 rings (SSSR count). The predicted molar refractivity (Wildman–Crippen MR) is 164 cm³/mol. The Hall–Kier alpha value is -3.43. The van der Waals surface area contributed by atoms with E-state index in [0.29, 0.717) is 29.0 Å². The van der Waals surface area contributed by atoms with Crippen molar-refractivity contribution < 1.29 is 19.2 Å². The Balaban J connectivity index is 1.45. The quantitative estimate of drug-likeness (QED) is 0.387. The SMILES string of the molecule is Cc1cc(NC(=O)[C@H](CCN)NC(=O)[C@@H]2Cc3ccccc3CN2C(=O)CCC(=O)N2CCC(C(C)C)C2)ccc1Cl. The summed E-state index contributed by atoms with van der Waals surface area (Å²) < 4.78 is 0. The molecule has 1 saturated heterocycles. The lowest BCUT2D eigenvalue weighted by Gasteiger charge is -2.37. The van der Waals surface area contributed by atoms with Crippen LogP contribution >= 0.6 is 11.6 Å². The normalized spacial score (nSPS) is 18.9. The van der Waals surface area contributed by atoms with E-state index in [1.807, 2.05) is 36.1 Å². The van der Waals surface area contributed by atoms with Crippen molar-refractivity contribution in [1.82, 2.24) is 15.1 Å². The van der Waals surface area contributed by atoms with Gasteiger partial charge in [0.2, 0.25) is 23.6 Å². The van der Waals surface area contributed by atoms with Crippen LogP contribution in [0, 0.1) is 18.8 Å². The van der Waals surface area contributed by atoms with E-state index in [1.54, 1.807) is 23.1 Å². The molecule has 0 saturated carbocycles. The summed E-state index contributed by atoms with van der Waals surface area (Å²) in [4.78, 5) is 56.7. The molecule has 2 aliphatic heterocycles. The number of anilines is 1. The Kier molecular flexibility index (Phi) is 10.6. The molecule has 4 N–H and O–H groups in total. The van der Waals surface area contributed by atoms with Crippen LogP contribution in [0.5, 0.6) is 0 Å². The number of hydrogen-bond donors (Lipinski definition) is 3. The van der Waals surface area contributed by atoms with Crippen LogP contribution in [-0.2, 0) is 32.1 Å². The summed E-state index contributed by atoms with van der Waals surface area (Å²) in [7, 11) is 0. The largest absolute Gasteiger partial charge is 0.342 e. The van der Waals surface area contributed by atoms with Gasteiger partial charge in [0.05, 0.1) is 0 Å². The number of nitrogens with two attached hydrogens (primary N) is 1. The maximum Gasteiger partial charge on any atom is 0.246 e. The highest BCUT2D eigenvalue weighted by atomic mass is 35.5. The second-order valence-electron chi connectivity index (χ2n) is 11.7. The van der Waals surface area contributed by atoms with Crippen molar-refractivity contribution in [3.8, 4) is 0 Å². The first kappa shape index (κ1) is 31.5. The Morgan fingerprint density at radius 1 is 1.05 bits per heavy atom. The molecule has 2 aliphatic rings. The molecule has 2 aromatic carbocycles. The topological polar surface area (TPSA) is 125 Å². The Morgan fingerprint density at radius 3 is 2.43 bits per heavy atom. The second-order valence-corrected chi connectivity index (χ2v) is 12.1. The van der Waals surface area contributed by atoms with E-state index in [9.17, 15) is 19.2 Å². The number of carbonyl (C=O) groups excluding carboxylic acids is 4. The van der Waals surface area contributed by atoms with E-state index in [0.717, 1.165) is 36.2 Å². The van der Waals surface area contributed by atoms with Crippen LogP contribution in [0.25, 0.3) is 0 Å². The van der Waals surface area contributed by atoms with Gasteiger partial charge < -0.3 is 26.2 Å². The number of fused-ring (bicyclic) bond motifs is 1. The highest BCUT2D eigenvalue weighted by molar-refractivity contribution is 6.31. The van der Waals surface area contributed by atoms with E-state index >= 15 is 0 Å². The van der Waals surface area contributed by atoms with Crippen molar-refractivity contribution in [1.29, 1.82) is 0 Å². The summed E-state index contributed by atoms with van der Waals surface area (Å²) in [6.45, 7) is 8.07. The van der Waals surface area contributed by atoms with E-state index < -0.39 is 23.9 Å². The van der Waals surface area contributed by atoms with Crippen LogP contribution in [-0.4, -0.2) is 65.1 Å². The molecule has 10 heteroatoms. The summed E-state index contributed by atoms with van der Waals surface area (Å²) in [6, 6.07) is 11.2. The lowest BCUT2D eigenvalue weighted by molar-refractivity contribution is -0.144. The van der Waals surface area contributed by atoms with Crippen LogP contribution < -0.4 is 16.4 Å². The average Bonchev–Trinajstić information content (AvgIpc) is 3.48. The number of nitrogens with one attached hydrogen (secondary N) is 2. The van der Waals surface area contributed by atoms with E-state index in [2.05, 4.69) is 24.5 Å². The fourth-order valence-electron chi connectivity index (χ4n) is 5.75. The van der Waals surface area contributed by atoms with E-state index in [4.69, 9.17) is 17.3 Å².